The molecule has 0 aromatic heterocycles. The predicted octanol–water partition coefficient (Wildman–Crippen LogP) is 3.44. The van der Waals surface area contributed by atoms with Crippen molar-refractivity contribution in [3.63, 3.8) is 0 Å². The third-order valence-corrected chi connectivity index (χ3v) is 2.94. The molecule has 0 fully saturated rings. The van der Waals surface area contributed by atoms with Crippen LogP contribution in [0.15, 0.2) is 42.5 Å². The number of fused-ring (bicyclic) bond motifs is 1. The Kier molecular flexibility index (Phi) is 2.84. The quantitative estimate of drug-likeness (QED) is 0.597. The summed E-state index contributed by atoms with van der Waals surface area (Å²) < 4.78 is 0. The zero-order chi connectivity index (χ0) is 12.5. The van der Waals surface area contributed by atoms with Gasteiger partial charge in [0.1, 0.15) is 0 Å². The molecule has 0 aliphatic rings. The molecule has 0 heterocycles. The summed E-state index contributed by atoms with van der Waals surface area (Å²) in [5.41, 5.74) is 0.0908. The van der Waals surface area contributed by atoms with Crippen LogP contribution in [0.25, 0.3) is 10.8 Å². The zero-order valence-corrected chi connectivity index (χ0v) is 10.0. The van der Waals surface area contributed by atoms with Gasteiger partial charge in [0.15, 0.2) is 0 Å². The number of nitro groups is 1. The zero-order valence-electron chi connectivity index (χ0n) is 10.0. The highest BCUT2D eigenvalue weighted by atomic mass is 16.6. The Balaban J connectivity index is 2.34. The number of nitrogens with zero attached hydrogens (tertiary/aromatic N) is 1. The van der Waals surface area contributed by atoms with E-state index in [1.54, 1.807) is 13.8 Å². The second kappa shape index (κ2) is 4.17. The normalized spacial score (nSPS) is 11.6. The lowest BCUT2D eigenvalue weighted by molar-refractivity contribution is -0.560. The molecule has 0 saturated heterocycles. The van der Waals surface area contributed by atoms with Crippen molar-refractivity contribution < 1.29 is 4.92 Å². The summed E-state index contributed by atoms with van der Waals surface area (Å²) in [6.07, 6.45) is 0.449. The van der Waals surface area contributed by atoms with E-state index in [1.807, 2.05) is 42.5 Å². The van der Waals surface area contributed by atoms with Crippen LogP contribution in [0.5, 0.6) is 0 Å². The Hall–Kier alpha value is -1.90. The van der Waals surface area contributed by atoms with E-state index in [1.165, 1.54) is 0 Å². The standard InChI is InChI=1S/C14H15NO2/c1-14(2,15(16)17)10-11-7-8-12-5-3-4-6-13(12)9-11/h3-9H,10H2,1-2H3. The van der Waals surface area contributed by atoms with Crippen LogP contribution in [0.2, 0.25) is 0 Å². The van der Waals surface area contributed by atoms with E-state index < -0.39 is 5.54 Å². The molecule has 0 atom stereocenters. The van der Waals surface area contributed by atoms with E-state index in [0.717, 1.165) is 16.3 Å². The summed E-state index contributed by atoms with van der Waals surface area (Å²) in [7, 11) is 0. The Morgan fingerprint density at radius 2 is 1.76 bits per heavy atom. The van der Waals surface area contributed by atoms with Crippen molar-refractivity contribution in [3.05, 3.63) is 58.1 Å². The van der Waals surface area contributed by atoms with Gasteiger partial charge in [-0.2, -0.15) is 0 Å². The summed E-state index contributed by atoms with van der Waals surface area (Å²) in [5, 5.41) is 13.2. The third kappa shape index (κ3) is 2.44. The molecule has 2 aromatic rings. The maximum atomic E-state index is 10.9. The van der Waals surface area contributed by atoms with Crippen LogP contribution in [0, 0.1) is 10.1 Å². The van der Waals surface area contributed by atoms with Gasteiger partial charge < -0.3 is 0 Å². The highest BCUT2D eigenvalue weighted by molar-refractivity contribution is 5.82. The van der Waals surface area contributed by atoms with E-state index in [0.29, 0.717) is 6.42 Å². The molecule has 88 valence electrons. The first-order chi connectivity index (χ1) is 7.99. The summed E-state index contributed by atoms with van der Waals surface area (Å²) in [6, 6.07) is 14.0. The van der Waals surface area contributed by atoms with Crippen LogP contribution in [0.1, 0.15) is 19.4 Å². The molecule has 0 unspecified atom stereocenters. The molecule has 2 aromatic carbocycles. The topological polar surface area (TPSA) is 43.1 Å². The fourth-order valence-electron chi connectivity index (χ4n) is 1.91. The van der Waals surface area contributed by atoms with Gasteiger partial charge in [0.2, 0.25) is 5.54 Å². The van der Waals surface area contributed by atoms with Crippen molar-refractivity contribution in [1.29, 1.82) is 0 Å². The lowest BCUT2D eigenvalue weighted by atomic mass is 9.94. The second-order valence-electron chi connectivity index (χ2n) is 4.93. The minimum Gasteiger partial charge on any atom is -0.264 e. The second-order valence-corrected chi connectivity index (χ2v) is 4.93. The summed E-state index contributed by atoms with van der Waals surface area (Å²) in [4.78, 5) is 10.7. The van der Waals surface area contributed by atoms with Gasteiger partial charge >= 0.3 is 0 Å². The van der Waals surface area contributed by atoms with Crippen molar-refractivity contribution in [2.45, 2.75) is 25.8 Å². The molecule has 0 amide bonds. The number of hydrogen-bond donors (Lipinski definition) is 0. The first kappa shape index (κ1) is 11.6. The highest BCUT2D eigenvalue weighted by Crippen LogP contribution is 2.20. The molecule has 3 heteroatoms. The van der Waals surface area contributed by atoms with Crippen LogP contribution in [0.3, 0.4) is 0 Å². The molecular formula is C14H15NO2. The Morgan fingerprint density at radius 1 is 1.12 bits per heavy atom. The first-order valence-corrected chi connectivity index (χ1v) is 5.61. The van der Waals surface area contributed by atoms with Gasteiger partial charge in [-0.15, -0.1) is 0 Å². The van der Waals surface area contributed by atoms with E-state index in [4.69, 9.17) is 0 Å². The van der Waals surface area contributed by atoms with Gasteiger partial charge in [-0.3, -0.25) is 10.1 Å². The first-order valence-electron chi connectivity index (χ1n) is 5.61. The van der Waals surface area contributed by atoms with Crippen molar-refractivity contribution in [1.82, 2.24) is 0 Å². The van der Waals surface area contributed by atoms with E-state index in [9.17, 15) is 10.1 Å². The molecule has 0 aliphatic carbocycles. The molecule has 0 saturated carbocycles. The van der Waals surface area contributed by atoms with Crippen molar-refractivity contribution >= 4 is 10.8 Å². The monoisotopic (exact) mass is 229 g/mol. The SMILES string of the molecule is CC(C)(Cc1ccc2ccccc2c1)[N+](=O)[O-]. The van der Waals surface area contributed by atoms with Gasteiger partial charge in [0, 0.05) is 25.2 Å². The highest BCUT2D eigenvalue weighted by Gasteiger charge is 2.30. The minimum atomic E-state index is -0.914. The number of hydrogen-bond acceptors (Lipinski definition) is 2. The van der Waals surface area contributed by atoms with Crippen molar-refractivity contribution in [3.8, 4) is 0 Å². The van der Waals surface area contributed by atoms with Crippen LogP contribution in [-0.2, 0) is 6.42 Å². The van der Waals surface area contributed by atoms with E-state index in [2.05, 4.69) is 0 Å². The van der Waals surface area contributed by atoms with Gasteiger partial charge in [0.25, 0.3) is 0 Å². The molecule has 3 nitrogen and oxygen atoms in total. The molecular weight excluding hydrogens is 214 g/mol. The molecule has 0 aliphatic heterocycles. The fourth-order valence-corrected chi connectivity index (χ4v) is 1.91. The van der Waals surface area contributed by atoms with Crippen LogP contribution < -0.4 is 0 Å². The van der Waals surface area contributed by atoms with Gasteiger partial charge in [-0.05, 0) is 16.3 Å². The number of rotatable bonds is 3. The van der Waals surface area contributed by atoms with Crippen LogP contribution in [0.4, 0.5) is 0 Å². The van der Waals surface area contributed by atoms with Gasteiger partial charge in [0.05, 0.1) is 0 Å². The van der Waals surface area contributed by atoms with Crippen molar-refractivity contribution in [2.75, 3.05) is 0 Å². The molecule has 0 spiro atoms. The predicted molar refractivity (Wildman–Crippen MR) is 68.7 cm³/mol. The van der Waals surface area contributed by atoms with E-state index in [-0.39, 0.29) is 4.92 Å². The van der Waals surface area contributed by atoms with Gasteiger partial charge in [-0.1, -0.05) is 42.5 Å². The van der Waals surface area contributed by atoms with Crippen LogP contribution in [-0.4, -0.2) is 10.5 Å². The lowest BCUT2D eigenvalue weighted by Crippen LogP contribution is -2.33. The van der Waals surface area contributed by atoms with Gasteiger partial charge in [-0.25, -0.2) is 0 Å². The van der Waals surface area contributed by atoms with Crippen LogP contribution >= 0.6 is 0 Å². The maximum absolute atomic E-state index is 10.9. The van der Waals surface area contributed by atoms with E-state index >= 15 is 0 Å². The molecule has 0 N–H and O–H groups in total. The third-order valence-electron chi connectivity index (χ3n) is 2.94. The Morgan fingerprint density at radius 3 is 2.41 bits per heavy atom. The molecule has 0 radical (unpaired) electrons. The molecule has 2 rings (SSSR count). The molecule has 17 heavy (non-hydrogen) atoms. The average Bonchev–Trinajstić information content (AvgIpc) is 2.28. The summed E-state index contributed by atoms with van der Waals surface area (Å²) in [6.45, 7) is 3.31. The molecule has 0 bridgehead atoms. The fraction of sp³-hybridized carbons (Fsp3) is 0.286. The minimum absolute atomic E-state index is 0.220. The summed E-state index contributed by atoms with van der Waals surface area (Å²) >= 11 is 0. The van der Waals surface area contributed by atoms with Crippen molar-refractivity contribution in [2.24, 2.45) is 0 Å². The smallest absolute Gasteiger partial charge is 0.220 e. The Labute approximate surface area is 100 Å². The maximum Gasteiger partial charge on any atom is 0.220 e. The summed E-state index contributed by atoms with van der Waals surface area (Å²) in [5.74, 6) is 0. The average molecular weight is 229 g/mol. The largest absolute Gasteiger partial charge is 0.264 e. The Bertz CT molecular complexity index is 561. The number of benzene rings is 2. The lowest BCUT2D eigenvalue weighted by Gasteiger charge is -2.15.